The SMILES string of the molecule is CCOc1ccccc1C(=O)O[C@@H](C)C(=O)Nc1c(C)n(C)n(-c2ccccc2)c1=O. The minimum absolute atomic E-state index is 0.133. The molecule has 0 radical (unpaired) electrons. The van der Waals surface area contributed by atoms with Crippen molar-refractivity contribution in [3.8, 4) is 11.4 Å². The smallest absolute Gasteiger partial charge is 0.342 e. The highest BCUT2D eigenvalue weighted by Gasteiger charge is 2.24. The van der Waals surface area contributed by atoms with Gasteiger partial charge in [-0.2, -0.15) is 0 Å². The lowest BCUT2D eigenvalue weighted by Gasteiger charge is -2.14. The zero-order valence-electron chi connectivity index (χ0n) is 17.9. The van der Waals surface area contributed by atoms with Gasteiger partial charge in [0.05, 0.1) is 18.0 Å². The second-order valence-corrected chi connectivity index (χ2v) is 6.90. The summed E-state index contributed by atoms with van der Waals surface area (Å²) in [5, 5.41) is 2.60. The number of hydrogen-bond donors (Lipinski definition) is 1. The van der Waals surface area contributed by atoms with Gasteiger partial charge >= 0.3 is 5.97 Å². The maximum atomic E-state index is 12.9. The molecule has 1 N–H and O–H groups in total. The Bertz CT molecular complexity index is 1150. The molecule has 1 amide bonds. The van der Waals surface area contributed by atoms with E-state index in [0.717, 1.165) is 0 Å². The molecule has 0 unspecified atom stereocenters. The summed E-state index contributed by atoms with van der Waals surface area (Å²) in [7, 11) is 1.73. The first kappa shape index (κ1) is 21.9. The van der Waals surface area contributed by atoms with Crippen LogP contribution in [0, 0.1) is 6.92 Å². The van der Waals surface area contributed by atoms with Gasteiger partial charge in [0.2, 0.25) is 0 Å². The molecule has 0 aliphatic rings. The number of carbonyl (C=O) groups is 2. The van der Waals surface area contributed by atoms with E-state index in [4.69, 9.17) is 9.47 Å². The average molecular weight is 423 g/mol. The maximum absolute atomic E-state index is 12.9. The molecule has 162 valence electrons. The van der Waals surface area contributed by atoms with Crippen molar-refractivity contribution < 1.29 is 19.1 Å². The van der Waals surface area contributed by atoms with Crippen LogP contribution >= 0.6 is 0 Å². The Kier molecular flexibility index (Phi) is 6.59. The number of para-hydroxylation sites is 2. The van der Waals surface area contributed by atoms with Gasteiger partial charge in [-0.15, -0.1) is 0 Å². The maximum Gasteiger partial charge on any atom is 0.342 e. The first-order valence-corrected chi connectivity index (χ1v) is 9.92. The van der Waals surface area contributed by atoms with Crippen LogP contribution < -0.4 is 15.6 Å². The molecule has 1 atom stereocenters. The predicted octanol–water partition coefficient (Wildman–Crippen LogP) is 3.07. The van der Waals surface area contributed by atoms with Gasteiger partial charge in [-0.05, 0) is 45.0 Å². The van der Waals surface area contributed by atoms with Gasteiger partial charge in [0.15, 0.2) is 6.10 Å². The molecule has 0 bridgehead atoms. The third-order valence-electron chi connectivity index (χ3n) is 4.86. The molecule has 0 saturated heterocycles. The Labute approximate surface area is 180 Å². The Morgan fingerprint density at radius 2 is 1.71 bits per heavy atom. The standard InChI is InChI=1S/C23H25N3O5/c1-5-30-19-14-10-9-13-18(19)23(29)31-16(3)21(27)24-20-15(2)25(4)26(22(20)28)17-11-7-6-8-12-17/h6-14,16H,5H2,1-4H3,(H,24,27)/t16-/m0/s1. The van der Waals surface area contributed by atoms with Gasteiger partial charge in [-0.25, -0.2) is 9.48 Å². The summed E-state index contributed by atoms with van der Waals surface area (Å²) in [5.41, 5.74) is 1.23. The number of aromatic nitrogens is 2. The zero-order chi connectivity index (χ0) is 22.5. The number of rotatable bonds is 7. The van der Waals surface area contributed by atoms with Crippen molar-refractivity contribution in [1.29, 1.82) is 0 Å². The van der Waals surface area contributed by atoms with Crippen LogP contribution in [0.25, 0.3) is 5.69 Å². The second kappa shape index (κ2) is 9.34. The molecule has 8 heteroatoms. The third kappa shape index (κ3) is 4.53. The lowest BCUT2D eigenvalue weighted by Crippen LogP contribution is -2.32. The molecule has 0 aliphatic heterocycles. The minimum Gasteiger partial charge on any atom is -0.493 e. The van der Waals surface area contributed by atoms with Gasteiger partial charge in [-0.1, -0.05) is 30.3 Å². The van der Waals surface area contributed by atoms with Crippen molar-refractivity contribution in [1.82, 2.24) is 9.36 Å². The number of carbonyl (C=O) groups excluding carboxylic acids is 2. The summed E-state index contributed by atoms with van der Waals surface area (Å²) in [6, 6.07) is 15.7. The van der Waals surface area contributed by atoms with Crippen molar-refractivity contribution in [2.75, 3.05) is 11.9 Å². The van der Waals surface area contributed by atoms with Crippen LogP contribution in [0.2, 0.25) is 0 Å². The van der Waals surface area contributed by atoms with E-state index in [1.807, 2.05) is 25.1 Å². The molecular weight excluding hydrogens is 398 g/mol. The fourth-order valence-corrected chi connectivity index (χ4v) is 3.13. The molecule has 0 aliphatic carbocycles. The molecule has 0 saturated carbocycles. The molecule has 1 heterocycles. The van der Waals surface area contributed by atoms with E-state index in [2.05, 4.69) is 5.32 Å². The predicted molar refractivity (Wildman–Crippen MR) is 117 cm³/mol. The van der Waals surface area contributed by atoms with Gasteiger partial charge in [0, 0.05) is 7.05 Å². The van der Waals surface area contributed by atoms with Crippen LogP contribution in [0.1, 0.15) is 29.9 Å². The van der Waals surface area contributed by atoms with Gasteiger partial charge in [0.1, 0.15) is 17.0 Å². The highest BCUT2D eigenvalue weighted by Crippen LogP contribution is 2.20. The summed E-state index contributed by atoms with van der Waals surface area (Å²) < 4.78 is 13.9. The second-order valence-electron chi connectivity index (χ2n) is 6.90. The normalized spacial score (nSPS) is 11.6. The quantitative estimate of drug-likeness (QED) is 0.590. The van der Waals surface area contributed by atoms with E-state index in [-0.39, 0.29) is 16.8 Å². The highest BCUT2D eigenvalue weighted by atomic mass is 16.5. The molecule has 2 aromatic carbocycles. The monoisotopic (exact) mass is 423 g/mol. The summed E-state index contributed by atoms with van der Waals surface area (Å²) >= 11 is 0. The third-order valence-corrected chi connectivity index (χ3v) is 4.86. The van der Waals surface area contributed by atoms with Crippen LogP contribution in [0.5, 0.6) is 5.75 Å². The van der Waals surface area contributed by atoms with Crippen LogP contribution in [0.4, 0.5) is 5.69 Å². The first-order chi connectivity index (χ1) is 14.8. The fraction of sp³-hybridized carbons (Fsp3) is 0.261. The lowest BCUT2D eigenvalue weighted by molar-refractivity contribution is -0.123. The number of nitrogens with zero attached hydrogens (tertiary/aromatic N) is 2. The lowest BCUT2D eigenvalue weighted by atomic mass is 10.2. The fourth-order valence-electron chi connectivity index (χ4n) is 3.13. The number of amides is 1. The number of anilines is 1. The van der Waals surface area contributed by atoms with Crippen LogP contribution in [0.15, 0.2) is 59.4 Å². The molecule has 3 rings (SSSR count). The van der Waals surface area contributed by atoms with Crippen LogP contribution in [-0.2, 0) is 16.6 Å². The van der Waals surface area contributed by atoms with Gasteiger partial charge in [0.25, 0.3) is 11.5 Å². The van der Waals surface area contributed by atoms with E-state index >= 15 is 0 Å². The number of esters is 1. The number of hydrogen-bond acceptors (Lipinski definition) is 5. The Hall–Kier alpha value is -3.81. The molecule has 31 heavy (non-hydrogen) atoms. The number of ether oxygens (including phenoxy) is 2. The summed E-state index contributed by atoms with van der Waals surface area (Å²) in [4.78, 5) is 38.1. The van der Waals surface area contributed by atoms with Gasteiger partial charge in [-0.3, -0.25) is 14.3 Å². The van der Waals surface area contributed by atoms with Crippen molar-refractivity contribution in [2.45, 2.75) is 26.9 Å². The van der Waals surface area contributed by atoms with Crippen LogP contribution in [0.3, 0.4) is 0 Å². The molecule has 0 fully saturated rings. The van der Waals surface area contributed by atoms with Gasteiger partial charge < -0.3 is 14.8 Å². The molecule has 8 nitrogen and oxygen atoms in total. The van der Waals surface area contributed by atoms with E-state index in [0.29, 0.717) is 23.7 Å². The van der Waals surface area contributed by atoms with Crippen molar-refractivity contribution in [2.24, 2.45) is 7.05 Å². The number of benzene rings is 2. The van der Waals surface area contributed by atoms with E-state index < -0.39 is 18.0 Å². The van der Waals surface area contributed by atoms with Crippen molar-refractivity contribution in [3.63, 3.8) is 0 Å². The first-order valence-electron chi connectivity index (χ1n) is 9.92. The summed E-state index contributed by atoms with van der Waals surface area (Å²) in [6.45, 7) is 5.37. The molecular formula is C23H25N3O5. The van der Waals surface area contributed by atoms with E-state index in [1.165, 1.54) is 11.6 Å². The summed E-state index contributed by atoms with van der Waals surface area (Å²) in [5.74, 6) is -0.904. The van der Waals surface area contributed by atoms with E-state index in [9.17, 15) is 14.4 Å². The average Bonchev–Trinajstić information content (AvgIpc) is 2.98. The van der Waals surface area contributed by atoms with Crippen molar-refractivity contribution in [3.05, 3.63) is 76.2 Å². The zero-order valence-corrected chi connectivity index (χ0v) is 17.9. The Balaban J connectivity index is 1.78. The molecule has 3 aromatic rings. The number of nitrogens with one attached hydrogen (secondary N) is 1. The Morgan fingerprint density at radius 1 is 1.06 bits per heavy atom. The Morgan fingerprint density at radius 3 is 2.39 bits per heavy atom. The van der Waals surface area contributed by atoms with E-state index in [1.54, 1.807) is 55.1 Å². The summed E-state index contributed by atoms with van der Waals surface area (Å²) in [6.07, 6.45) is -1.12. The topological polar surface area (TPSA) is 91.6 Å². The van der Waals surface area contributed by atoms with Crippen molar-refractivity contribution >= 4 is 17.6 Å². The minimum atomic E-state index is -1.12. The molecule has 0 spiro atoms. The largest absolute Gasteiger partial charge is 0.493 e. The molecule has 1 aromatic heterocycles. The van der Waals surface area contributed by atoms with Crippen LogP contribution in [-0.4, -0.2) is 34.0 Å². The highest BCUT2D eigenvalue weighted by molar-refractivity contribution is 5.98.